The first kappa shape index (κ1) is 11.7. The Morgan fingerprint density at radius 3 is 3.00 bits per heavy atom. The molecule has 3 rings (SSSR count). The smallest absolute Gasteiger partial charge is 0.243 e. The van der Waals surface area contributed by atoms with E-state index in [1.54, 1.807) is 12.3 Å². The van der Waals surface area contributed by atoms with Crippen molar-refractivity contribution in [3.8, 4) is 0 Å². The van der Waals surface area contributed by atoms with Crippen LogP contribution in [0.5, 0.6) is 0 Å². The van der Waals surface area contributed by atoms with Gasteiger partial charge < -0.3 is 10.6 Å². The summed E-state index contributed by atoms with van der Waals surface area (Å²) in [5, 5.41) is 13.1. The maximum Gasteiger partial charge on any atom is 0.243 e. The summed E-state index contributed by atoms with van der Waals surface area (Å²) in [4.78, 5) is 23.1. The maximum atomic E-state index is 11.7. The number of aromatic nitrogens is 2. The predicted octanol–water partition coefficient (Wildman–Crippen LogP) is 1.03. The van der Waals surface area contributed by atoms with Gasteiger partial charge in [-0.2, -0.15) is 5.10 Å². The molecule has 98 valence electrons. The molecule has 0 bridgehead atoms. The molecule has 2 aromatic rings. The van der Waals surface area contributed by atoms with E-state index in [9.17, 15) is 9.59 Å². The van der Waals surface area contributed by atoms with Crippen LogP contribution in [0.2, 0.25) is 0 Å². The number of hydrogen-bond acceptors (Lipinski definition) is 3. The van der Waals surface area contributed by atoms with Crippen molar-refractivity contribution in [3.05, 3.63) is 24.4 Å². The molecule has 1 aromatic heterocycles. The number of H-pyrrole nitrogens is 1. The van der Waals surface area contributed by atoms with Crippen molar-refractivity contribution < 1.29 is 9.59 Å². The van der Waals surface area contributed by atoms with E-state index < -0.39 is 0 Å². The van der Waals surface area contributed by atoms with Gasteiger partial charge in [0.1, 0.15) is 0 Å². The topological polar surface area (TPSA) is 86.9 Å². The van der Waals surface area contributed by atoms with Gasteiger partial charge in [-0.15, -0.1) is 0 Å². The SMILES string of the molecule is O=C(CNC(=O)C1CC1)Nc1ccc2cn[nH]c2c1. The summed E-state index contributed by atoms with van der Waals surface area (Å²) in [6.07, 6.45) is 3.59. The first-order valence-corrected chi connectivity index (χ1v) is 6.23. The number of anilines is 1. The predicted molar refractivity (Wildman–Crippen MR) is 70.5 cm³/mol. The van der Waals surface area contributed by atoms with Crippen molar-refractivity contribution in [3.63, 3.8) is 0 Å². The minimum Gasteiger partial charge on any atom is -0.347 e. The minimum absolute atomic E-state index is 0.0103. The van der Waals surface area contributed by atoms with Gasteiger partial charge in [-0.05, 0) is 31.0 Å². The Morgan fingerprint density at radius 1 is 1.37 bits per heavy atom. The Morgan fingerprint density at radius 2 is 2.21 bits per heavy atom. The zero-order valence-corrected chi connectivity index (χ0v) is 10.3. The number of nitrogens with zero attached hydrogens (tertiary/aromatic N) is 1. The highest BCUT2D eigenvalue weighted by Gasteiger charge is 2.29. The molecule has 0 spiro atoms. The number of carbonyl (C=O) groups is 2. The van der Waals surface area contributed by atoms with Gasteiger partial charge in [-0.25, -0.2) is 0 Å². The van der Waals surface area contributed by atoms with Gasteiger partial charge in [0.25, 0.3) is 0 Å². The first-order chi connectivity index (χ1) is 9.22. The highest BCUT2D eigenvalue weighted by Crippen LogP contribution is 2.28. The summed E-state index contributed by atoms with van der Waals surface area (Å²) in [5.41, 5.74) is 1.54. The number of aromatic amines is 1. The second-order valence-electron chi connectivity index (χ2n) is 4.71. The number of benzene rings is 1. The van der Waals surface area contributed by atoms with Crippen LogP contribution in [0.1, 0.15) is 12.8 Å². The third-order valence-electron chi connectivity index (χ3n) is 3.10. The van der Waals surface area contributed by atoms with Crippen LogP contribution in [0.3, 0.4) is 0 Å². The van der Waals surface area contributed by atoms with Gasteiger partial charge in [-0.1, -0.05) is 0 Å². The van der Waals surface area contributed by atoms with Crippen molar-refractivity contribution in [1.82, 2.24) is 15.5 Å². The summed E-state index contributed by atoms with van der Waals surface area (Å²) in [6, 6.07) is 5.48. The largest absolute Gasteiger partial charge is 0.347 e. The lowest BCUT2D eigenvalue weighted by molar-refractivity contribution is -0.125. The van der Waals surface area contributed by atoms with E-state index in [2.05, 4.69) is 20.8 Å². The second-order valence-corrected chi connectivity index (χ2v) is 4.71. The maximum absolute atomic E-state index is 11.7. The summed E-state index contributed by atoms with van der Waals surface area (Å²) in [7, 11) is 0. The van der Waals surface area contributed by atoms with Crippen molar-refractivity contribution >= 4 is 28.4 Å². The van der Waals surface area contributed by atoms with E-state index in [1.165, 1.54) is 0 Å². The Balaban J connectivity index is 1.57. The molecule has 2 amide bonds. The molecule has 1 aliphatic carbocycles. The fraction of sp³-hybridized carbons (Fsp3) is 0.308. The lowest BCUT2D eigenvalue weighted by Gasteiger charge is -2.06. The Hall–Kier alpha value is -2.37. The van der Waals surface area contributed by atoms with Crippen LogP contribution < -0.4 is 10.6 Å². The molecule has 0 saturated heterocycles. The normalized spacial score (nSPS) is 14.3. The fourth-order valence-corrected chi connectivity index (χ4v) is 1.88. The molecule has 3 N–H and O–H groups in total. The molecular weight excluding hydrogens is 244 g/mol. The molecular formula is C13H14N4O2. The van der Waals surface area contributed by atoms with E-state index in [1.807, 2.05) is 12.1 Å². The Labute approximate surface area is 109 Å². The van der Waals surface area contributed by atoms with Crippen LogP contribution in [-0.2, 0) is 9.59 Å². The van der Waals surface area contributed by atoms with Crippen molar-refractivity contribution in [2.75, 3.05) is 11.9 Å². The summed E-state index contributed by atoms with van der Waals surface area (Å²) in [5.74, 6) is -0.138. The zero-order chi connectivity index (χ0) is 13.2. The lowest BCUT2D eigenvalue weighted by Crippen LogP contribution is -2.33. The van der Waals surface area contributed by atoms with E-state index in [0.29, 0.717) is 5.69 Å². The number of rotatable bonds is 4. The van der Waals surface area contributed by atoms with Gasteiger partial charge >= 0.3 is 0 Å². The van der Waals surface area contributed by atoms with E-state index in [-0.39, 0.29) is 24.3 Å². The highest BCUT2D eigenvalue weighted by atomic mass is 16.2. The highest BCUT2D eigenvalue weighted by molar-refractivity contribution is 5.96. The molecule has 1 aliphatic rings. The van der Waals surface area contributed by atoms with E-state index >= 15 is 0 Å². The third kappa shape index (κ3) is 2.73. The van der Waals surface area contributed by atoms with Gasteiger partial charge in [0, 0.05) is 17.0 Å². The van der Waals surface area contributed by atoms with Gasteiger partial charge in [0.15, 0.2) is 0 Å². The third-order valence-corrected chi connectivity index (χ3v) is 3.10. The van der Waals surface area contributed by atoms with E-state index in [0.717, 1.165) is 23.7 Å². The number of carbonyl (C=O) groups excluding carboxylic acids is 2. The second kappa shape index (κ2) is 4.72. The van der Waals surface area contributed by atoms with Crippen molar-refractivity contribution in [2.24, 2.45) is 5.92 Å². The molecule has 1 fully saturated rings. The molecule has 6 heteroatoms. The first-order valence-electron chi connectivity index (χ1n) is 6.23. The van der Waals surface area contributed by atoms with Crippen molar-refractivity contribution in [2.45, 2.75) is 12.8 Å². The van der Waals surface area contributed by atoms with Crippen LogP contribution in [0.4, 0.5) is 5.69 Å². The van der Waals surface area contributed by atoms with Crippen LogP contribution in [0.15, 0.2) is 24.4 Å². The number of hydrogen-bond donors (Lipinski definition) is 3. The molecule has 0 atom stereocenters. The number of amides is 2. The molecule has 1 heterocycles. The standard InChI is InChI=1S/C13H14N4O2/c18-12(7-14-13(19)8-1-2-8)16-10-4-3-9-6-15-17-11(9)5-10/h3-6,8H,1-2,7H2,(H,14,19)(H,15,17)(H,16,18). The van der Waals surface area contributed by atoms with Gasteiger partial charge in [-0.3, -0.25) is 14.7 Å². The Bertz CT molecular complexity index is 630. The number of nitrogens with one attached hydrogen (secondary N) is 3. The molecule has 0 radical (unpaired) electrons. The van der Waals surface area contributed by atoms with E-state index in [4.69, 9.17) is 0 Å². The Kier molecular flexibility index (Phi) is 2.91. The van der Waals surface area contributed by atoms with Crippen LogP contribution in [-0.4, -0.2) is 28.6 Å². The summed E-state index contributed by atoms with van der Waals surface area (Å²) >= 11 is 0. The molecule has 0 aliphatic heterocycles. The van der Waals surface area contributed by atoms with Crippen LogP contribution >= 0.6 is 0 Å². The summed E-state index contributed by atoms with van der Waals surface area (Å²) < 4.78 is 0. The van der Waals surface area contributed by atoms with Gasteiger partial charge in [0.05, 0.1) is 18.3 Å². The monoisotopic (exact) mass is 258 g/mol. The van der Waals surface area contributed by atoms with Crippen LogP contribution in [0.25, 0.3) is 10.9 Å². The average molecular weight is 258 g/mol. The molecule has 19 heavy (non-hydrogen) atoms. The average Bonchev–Trinajstić information content (AvgIpc) is 3.15. The van der Waals surface area contributed by atoms with Gasteiger partial charge in [0.2, 0.25) is 11.8 Å². The minimum atomic E-state index is -0.229. The summed E-state index contributed by atoms with van der Waals surface area (Å²) in [6.45, 7) is 0.0103. The van der Waals surface area contributed by atoms with Crippen molar-refractivity contribution in [1.29, 1.82) is 0 Å². The van der Waals surface area contributed by atoms with Crippen LogP contribution in [0, 0.1) is 5.92 Å². The molecule has 1 aromatic carbocycles. The molecule has 6 nitrogen and oxygen atoms in total. The zero-order valence-electron chi connectivity index (χ0n) is 10.3. The lowest BCUT2D eigenvalue weighted by atomic mass is 10.2. The quantitative estimate of drug-likeness (QED) is 0.765. The molecule has 0 unspecified atom stereocenters. The fourth-order valence-electron chi connectivity index (χ4n) is 1.88. The number of fused-ring (bicyclic) bond motifs is 1. The molecule has 1 saturated carbocycles.